The number of carbonyl (C=O) groups is 4. The van der Waals surface area contributed by atoms with Gasteiger partial charge in [0.25, 0.3) is 0 Å². The minimum atomic E-state index is -0.843. The number of ether oxygens (including phenoxy) is 4. The van der Waals surface area contributed by atoms with Gasteiger partial charge in [0.05, 0.1) is 36.6 Å². The Morgan fingerprint density at radius 2 is 1.40 bits per heavy atom. The van der Waals surface area contributed by atoms with Gasteiger partial charge in [0.15, 0.2) is 5.75 Å². The van der Waals surface area contributed by atoms with E-state index in [1.165, 1.54) is 4.80 Å². The van der Waals surface area contributed by atoms with Gasteiger partial charge in [-0.2, -0.15) is 0 Å². The zero-order valence-electron chi connectivity index (χ0n) is 27.3. The molecular formula is C34H45N3O8. The lowest BCUT2D eigenvalue weighted by atomic mass is 9.85. The van der Waals surface area contributed by atoms with E-state index in [1.807, 2.05) is 43.3 Å². The second-order valence-electron chi connectivity index (χ2n) is 11.9. The van der Waals surface area contributed by atoms with E-state index < -0.39 is 35.7 Å². The number of unbranched alkanes of at least 4 members (excludes halogenated alkanes) is 2. The maximum Gasteiger partial charge on any atom is 0.311 e. The summed E-state index contributed by atoms with van der Waals surface area (Å²) < 4.78 is 21.7. The number of fused-ring (bicyclic) bond motifs is 1. The Morgan fingerprint density at radius 3 is 2.02 bits per heavy atom. The lowest BCUT2D eigenvalue weighted by molar-refractivity contribution is -0.166. The summed E-state index contributed by atoms with van der Waals surface area (Å²) >= 11 is 0. The third-order valence-corrected chi connectivity index (χ3v) is 7.10. The molecule has 0 fully saturated rings. The van der Waals surface area contributed by atoms with Crippen LogP contribution < -0.4 is 4.74 Å². The smallest absolute Gasteiger partial charge is 0.311 e. The average Bonchev–Trinajstić information content (AvgIpc) is 3.41. The third-order valence-electron chi connectivity index (χ3n) is 7.10. The molecule has 3 atom stereocenters. The van der Waals surface area contributed by atoms with Crippen molar-refractivity contribution in [3.05, 3.63) is 48.0 Å². The number of benzene rings is 2. The van der Waals surface area contributed by atoms with Gasteiger partial charge < -0.3 is 18.9 Å². The Bertz CT molecular complexity index is 1430. The molecule has 0 amide bonds. The van der Waals surface area contributed by atoms with Crippen LogP contribution in [0.15, 0.2) is 42.5 Å². The number of aryl methyl sites for hydroxylation is 1. The van der Waals surface area contributed by atoms with Crippen molar-refractivity contribution in [2.75, 3.05) is 6.61 Å². The molecule has 45 heavy (non-hydrogen) atoms. The molecule has 0 bridgehead atoms. The van der Waals surface area contributed by atoms with Crippen LogP contribution in [-0.2, 0) is 33.4 Å². The first-order chi connectivity index (χ1) is 21.3. The van der Waals surface area contributed by atoms with Crippen molar-refractivity contribution < 1.29 is 38.1 Å². The minimum Gasteiger partial charge on any atom is -0.465 e. The molecule has 11 heteroatoms. The second kappa shape index (κ2) is 16.7. The SMILES string of the molecule is Cc1ccc(OC(=O)CCCCCOC(=O)C(C)CC(C(=O)OC(C)C)C(C)C(=O)OC(C)C)c(-n2nc3ccccc3n2)c1. The first kappa shape index (κ1) is 35.2. The highest BCUT2D eigenvalue weighted by Crippen LogP contribution is 2.27. The van der Waals surface area contributed by atoms with Crippen molar-refractivity contribution in [2.45, 2.75) is 92.8 Å². The molecule has 2 aromatic carbocycles. The highest BCUT2D eigenvalue weighted by molar-refractivity contribution is 5.83. The molecule has 11 nitrogen and oxygen atoms in total. The summed E-state index contributed by atoms with van der Waals surface area (Å²) in [5.74, 6) is -3.79. The van der Waals surface area contributed by atoms with Gasteiger partial charge in [0.2, 0.25) is 0 Å². The Labute approximate surface area is 264 Å². The number of aromatic nitrogens is 3. The van der Waals surface area contributed by atoms with Gasteiger partial charge in [0.1, 0.15) is 16.7 Å². The molecule has 0 aliphatic heterocycles. The number of carbonyl (C=O) groups excluding carboxylic acids is 4. The number of esters is 4. The largest absolute Gasteiger partial charge is 0.465 e. The van der Waals surface area contributed by atoms with E-state index in [-0.39, 0.29) is 37.6 Å². The van der Waals surface area contributed by atoms with Crippen molar-refractivity contribution in [1.82, 2.24) is 15.0 Å². The van der Waals surface area contributed by atoms with Gasteiger partial charge in [-0.05, 0) is 90.1 Å². The predicted octanol–water partition coefficient (Wildman–Crippen LogP) is 5.92. The van der Waals surface area contributed by atoms with Gasteiger partial charge in [-0.3, -0.25) is 19.2 Å². The molecule has 0 aliphatic carbocycles. The van der Waals surface area contributed by atoms with Gasteiger partial charge in [-0.25, -0.2) is 0 Å². The van der Waals surface area contributed by atoms with Crippen LogP contribution in [0.5, 0.6) is 5.75 Å². The molecule has 3 unspecified atom stereocenters. The standard InChI is InChI=1S/C34H45N3O8/c1-21(2)43-33(40)25(7)26(34(41)44-22(3)4)20-24(6)32(39)42-18-12-8-9-15-31(38)45-30-17-16-23(5)19-29(30)37-35-27-13-10-11-14-28(27)36-37/h10-11,13-14,16-17,19,21-22,24-26H,8-9,12,15,18,20H2,1-7H3. The zero-order valence-corrected chi connectivity index (χ0v) is 27.3. The summed E-state index contributed by atoms with van der Waals surface area (Å²) in [5.41, 5.74) is 3.03. The molecule has 3 aromatic rings. The maximum absolute atomic E-state index is 12.8. The van der Waals surface area contributed by atoms with Gasteiger partial charge in [-0.15, -0.1) is 15.0 Å². The number of hydrogen-bond acceptors (Lipinski definition) is 10. The van der Waals surface area contributed by atoms with Gasteiger partial charge in [0, 0.05) is 6.42 Å². The summed E-state index contributed by atoms with van der Waals surface area (Å²) in [6.45, 7) is 12.3. The van der Waals surface area contributed by atoms with Crippen LogP contribution in [0.1, 0.15) is 79.2 Å². The summed E-state index contributed by atoms with van der Waals surface area (Å²) in [7, 11) is 0. The minimum absolute atomic E-state index is 0.0929. The van der Waals surface area contributed by atoms with Crippen molar-refractivity contribution in [3.8, 4) is 11.4 Å². The first-order valence-electron chi connectivity index (χ1n) is 15.6. The van der Waals surface area contributed by atoms with Crippen LogP contribution >= 0.6 is 0 Å². The molecule has 0 radical (unpaired) electrons. The second-order valence-corrected chi connectivity index (χ2v) is 11.9. The molecule has 0 saturated carbocycles. The topological polar surface area (TPSA) is 136 Å². The normalized spacial score (nSPS) is 13.4. The van der Waals surface area contributed by atoms with Crippen molar-refractivity contribution in [3.63, 3.8) is 0 Å². The Kier molecular flexibility index (Phi) is 13.1. The molecule has 3 rings (SSSR count). The quantitative estimate of drug-likeness (QED) is 0.0819. The van der Waals surface area contributed by atoms with E-state index in [2.05, 4.69) is 10.2 Å². The van der Waals surface area contributed by atoms with Crippen LogP contribution in [0.25, 0.3) is 16.7 Å². The molecule has 0 aliphatic rings. The van der Waals surface area contributed by atoms with Gasteiger partial charge >= 0.3 is 23.9 Å². The van der Waals surface area contributed by atoms with Crippen LogP contribution in [0.4, 0.5) is 0 Å². The fourth-order valence-electron chi connectivity index (χ4n) is 4.68. The predicted molar refractivity (Wildman–Crippen MR) is 168 cm³/mol. The summed E-state index contributed by atoms with van der Waals surface area (Å²) in [5, 5.41) is 9.01. The van der Waals surface area contributed by atoms with Crippen molar-refractivity contribution >= 4 is 34.9 Å². The first-order valence-corrected chi connectivity index (χ1v) is 15.6. The van der Waals surface area contributed by atoms with E-state index in [4.69, 9.17) is 18.9 Å². The lowest BCUT2D eigenvalue weighted by Gasteiger charge is -2.25. The molecule has 1 aromatic heterocycles. The third kappa shape index (κ3) is 10.7. The number of hydrogen-bond donors (Lipinski definition) is 0. The van der Waals surface area contributed by atoms with E-state index in [1.54, 1.807) is 47.6 Å². The molecule has 244 valence electrons. The fraction of sp³-hybridized carbons (Fsp3) is 0.529. The van der Waals surface area contributed by atoms with Crippen molar-refractivity contribution in [2.24, 2.45) is 17.8 Å². The monoisotopic (exact) mass is 623 g/mol. The van der Waals surface area contributed by atoms with E-state index in [0.717, 1.165) is 16.6 Å². The Hall–Kier alpha value is -4.28. The van der Waals surface area contributed by atoms with Crippen LogP contribution in [-0.4, -0.2) is 57.7 Å². The Morgan fingerprint density at radius 1 is 0.778 bits per heavy atom. The summed E-state index contributed by atoms with van der Waals surface area (Å²) in [4.78, 5) is 52.1. The van der Waals surface area contributed by atoms with Crippen LogP contribution in [0.3, 0.4) is 0 Å². The van der Waals surface area contributed by atoms with Crippen molar-refractivity contribution in [1.29, 1.82) is 0 Å². The summed E-state index contributed by atoms with van der Waals surface area (Å²) in [6.07, 6.45) is 1.35. The lowest BCUT2D eigenvalue weighted by Crippen LogP contribution is -2.35. The average molecular weight is 624 g/mol. The molecular weight excluding hydrogens is 578 g/mol. The molecule has 0 saturated heterocycles. The van der Waals surface area contributed by atoms with Gasteiger partial charge in [-0.1, -0.05) is 32.0 Å². The summed E-state index contributed by atoms with van der Waals surface area (Å²) in [6, 6.07) is 13.0. The Balaban J connectivity index is 1.45. The van der Waals surface area contributed by atoms with E-state index in [0.29, 0.717) is 30.7 Å². The number of rotatable bonds is 16. The molecule has 0 spiro atoms. The highest BCUT2D eigenvalue weighted by atomic mass is 16.6. The van der Waals surface area contributed by atoms with Crippen LogP contribution in [0.2, 0.25) is 0 Å². The molecule has 0 N–H and O–H groups in total. The van der Waals surface area contributed by atoms with Crippen LogP contribution in [0, 0.1) is 24.7 Å². The molecule has 1 heterocycles. The maximum atomic E-state index is 12.8. The van der Waals surface area contributed by atoms with E-state index in [9.17, 15) is 19.2 Å². The highest BCUT2D eigenvalue weighted by Gasteiger charge is 2.36. The zero-order chi connectivity index (χ0) is 33.1. The fourth-order valence-corrected chi connectivity index (χ4v) is 4.68. The van der Waals surface area contributed by atoms with E-state index >= 15 is 0 Å². The number of nitrogens with zero attached hydrogens (tertiary/aromatic N) is 3.